The highest BCUT2D eigenvalue weighted by atomic mass is 32.2. The number of hydrogen-bond acceptors (Lipinski definition) is 5. The molecular formula is C16H21N5O3S. The SMILES string of the molecule is CNC(=O)c1ccc([C@H]2CCCN2S(=O)(=O)c2cn(C)cn2)nc1C. The number of carbonyl (C=O) groups excluding carboxylic acids is 1. The predicted octanol–water partition coefficient (Wildman–Crippen LogP) is 1.01. The Morgan fingerprint density at radius 2 is 2.12 bits per heavy atom. The fourth-order valence-electron chi connectivity index (χ4n) is 3.11. The highest BCUT2D eigenvalue weighted by Crippen LogP contribution is 2.35. The molecule has 0 saturated carbocycles. The zero-order chi connectivity index (χ0) is 18.2. The molecule has 0 aromatic carbocycles. The maximum absolute atomic E-state index is 12.9. The summed E-state index contributed by atoms with van der Waals surface area (Å²) < 4.78 is 28.9. The molecule has 9 heteroatoms. The van der Waals surface area contributed by atoms with Gasteiger partial charge in [0.15, 0.2) is 5.03 Å². The highest BCUT2D eigenvalue weighted by molar-refractivity contribution is 7.89. The van der Waals surface area contributed by atoms with Crippen molar-refractivity contribution in [1.29, 1.82) is 0 Å². The summed E-state index contributed by atoms with van der Waals surface area (Å²) in [6, 6.07) is 3.08. The molecule has 1 atom stereocenters. The second kappa shape index (κ2) is 6.57. The van der Waals surface area contributed by atoms with Crippen LogP contribution in [0.2, 0.25) is 0 Å². The van der Waals surface area contributed by atoms with Crippen molar-refractivity contribution in [3.8, 4) is 0 Å². The van der Waals surface area contributed by atoms with E-state index in [2.05, 4.69) is 15.3 Å². The molecule has 1 aliphatic heterocycles. The van der Waals surface area contributed by atoms with E-state index in [0.717, 1.165) is 6.42 Å². The van der Waals surface area contributed by atoms with Crippen molar-refractivity contribution in [1.82, 2.24) is 24.2 Å². The van der Waals surface area contributed by atoms with E-state index in [1.807, 2.05) is 0 Å². The standard InChI is InChI=1S/C16H21N5O3S/c1-11-12(16(22)17-2)6-7-13(19-11)14-5-4-8-21(14)25(23,24)15-9-20(3)10-18-15/h6-7,9-10,14H,4-5,8H2,1-3H3,(H,17,22)/t14-/m1/s1. The Morgan fingerprint density at radius 1 is 1.36 bits per heavy atom. The maximum atomic E-state index is 12.9. The third-order valence-electron chi connectivity index (χ3n) is 4.38. The summed E-state index contributed by atoms with van der Waals surface area (Å²) in [6.45, 7) is 2.18. The monoisotopic (exact) mass is 363 g/mol. The van der Waals surface area contributed by atoms with Crippen LogP contribution < -0.4 is 5.32 Å². The second-order valence-corrected chi connectivity index (χ2v) is 7.94. The quantitative estimate of drug-likeness (QED) is 0.874. The van der Waals surface area contributed by atoms with Crippen molar-refractivity contribution in [3.63, 3.8) is 0 Å². The largest absolute Gasteiger partial charge is 0.355 e. The van der Waals surface area contributed by atoms with Gasteiger partial charge in [-0.15, -0.1) is 0 Å². The van der Waals surface area contributed by atoms with E-state index in [1.54, 1.807) is 37.7 Å². The summed E-state index contributed by atoms with van der Waals surface area (Å²) in [7, 11) is -0.382. The van der Waals surface area contributed by atoms with Gasteiger partial charge in [-0.2, -0.15) is 4.31 Å². The van der Waals surface area contributed by atoms with Gasteiger partial charge in [-0.05, 0) is 31.9 Å². The molecule has 1 saturated heterocycles. The molecule has 134 valence electrons. The minimum atomic E-state index is -3.68. The van der Waals surface area contributed by atoms with Crippen LogP contribution in [-0.4, -0.2) is 46.8 Å². The Hall–Kier alpha value is -2.26. The zero-order valence-electron chi connectivity index (χ0n) is 14.4. The highest BCUT2D eigenvalue weighted by Gasteiger charge is 2.38. The van der Waals surface area contributed by atoms with Crippen molar-refractivity contribution in [2.75, 3.05) is 13.6 Å². The van der Waals surface area contributed by atoms with E-state index in [4.69, 9.17) is 0 Å². The van der Waals surface area contributed by atoms with Crippen LogP contribution in [0.25, 0.3) is 0 Å². The summed E-state index contributed by atoms with van der Waals surface area (Å²) in [4.78, 5) is 20.3. The first-order valence-corrected chi connectivity index (χ1v) is 9.48. The van der Waals surface area contributed by atoms with Crippen LogP contribution in [0.3, 0.4) is 0 Å². The van der Waals surface area contributed by atoms with Gasteiger partial charge in [-0.1, -0.05) is 0 Å². The van der Waals surface area contributed by atoms with Crippen molar-refractivity contribution >= 4 is 15.9 Å². The van der Waals surface area contributed by atoms with Crippen LogP contribution >= 0.6 is 0 Å². The molecule has 1 N–H and O–H groups in total. The molecule has 1 fully saturated rings. The van der Waals surface area contributed by atoms with Crippen LogP contribution in [0.4, 0.5) is 0 Å². The molecule has 8 nitrogen and oxygen atoms in total. The van der Waals surface area contributed by atoms with E-state index >= 15 is 0 Å². The fraction of sp³-hybridized carbons (Fsp3) is 0.438. The Balaban J connectivity index is 1.94. The van der Waals surface area contributed by atoms with E-state index in [1.165, 1.54) is 16.8 Å². The van der Waals surface area contributed by atoms with Gasteiger partial charge in [-0.25, -0.2) is 13.4 Å². The van der Waals surface area contributed by atoms with Crippen LogP contribution in [-0.2, 0) is 17.1 Å². The average Bonchev–Trinajstić information content (AvgIpc) is 3.23. The fourth-order valence-corrected chi connectivity index (χ4v) is 4.74. The number of sulfonamides is 1. The lowest BCUT2D eigenvalue weighted by Crippen LogP contribution is -2.31. The van der Waals surface area contributed by atoms with Gasteiger partial charge in [-0.3, -0.25) is 9.78 Å². The lowest BCUT2D eigenvalue weighted by molar-refractivity contribution is 0.0962. The smallest absolute Gasteiger partial charge is 0.262 e. The number of aromatic nitrogens is 3. The average molecular weight is 363 g/mol. The van der Waals surface area contributed by atoms with Crippen LogP contribution in [0.1, 0.15) is 40.6 Å². The lowest BCUT2D eigenvalue weighted by atomic mass is 10.1. The molecule has 1 aliphatic rings. The molecule has 25 heavy (non-hydrogen) atoms. The number of carbonyl (C=O) groups is 1. The number of nitrogens with zero attached hydrogens (tertiary/aromatic N) is 4. The molecule has 0 unspecified atom stereocenters. The minimum Gasteiger partial charge on any atom is -0.355 e. The van der Waals surface area contributed by atoms with Crippen molar-refractivity contribution < 1.29 is 13.2 Å². The number of imidazole rings is 1. The predicted molar refractivity (Wildman–Crippen MR) is 91.4 cm³/mol. The van der Waals surface area contributed by atoms with Gasteiger partial charge < -0.3 is 9.88 Å². The van der Waals surface area contributed by atoms with E-state index < -0.39 is 10.0 Å². The molecule has 0 bridgehead atoms. The number of aryl methyl sites for hydroxylation is 2. The third kappa shape index (κ3) is 3.16. The van der Waals surface area contributed by atoms with Gasteiger partial charge in [0.2, 0.25) is 0 Å². The number of amides is 1. The summed E-state index contributed by atoms with van der Waals surface area (Å²) in [6.07, 6.45) is 4.42. The number of nitrogens with one attached hydrogen (secondary N) is 1. The number of pyridine rings is 1. The summed E-state index contributed by atoms with van der Waals surface area (Å²) in [5, 5.41) is 2.61. The molecule has 3 heterocycles. The first-order valence-electron chi connectivity index (χ1n) is 8.04. The Bertz CT molecular complexity index is 906. The topological polar surface area (TPSA) is 97.2 Å². The Morgan fingerprint density at radius 3 is 2.72 bits per heavy atom. The van der Waals surface area contributed by atoms with E-state index in [9.17, 15) is 13.2 Å². The normalized spacial score (nSPS) is 18.4. The minimum absolute atomic E-state index is 0.0422. The van der Waals surface area contributed by atoms with Crippen molar-refractivity contribution in [2.45, 2.75) is 30.8 Å². The van der Waals surface area contributed by atoms with Crippen molar-refractivity contribution in [3.05, 3.63) is 41.6 Å². The summed E-state index contributed by atoms with van der Waals surface area (Å²) in [5.74, 6) is -0.207. The molecule has 1 amide bonds. The first-order chi connectivity index (χ1) is 11.8. The molecular weight excluding hydrogens is 342 g/mol. The van der Waals surface area contributed by atoms with Gasteiger partial charge in [0.25, 0.3) is 15.9 Å². The first kappa shape index (κ1) is 17.6. The molecule has 3 rings (SSSR count). The summed E-state index contributed by atoms with van der Waals surface area (Å²) in [5.41, 5.74) is 1.73. The van der Waals surface area contributed by atoms with Gasteiger partial charge in [0.05, 0.1) is 29.3 Å². The van der Waals surface area contributed by atoms with Crippen LogP contribution in [0.5, 0.6) is 0 Å². The number of rotatable bonds is 4. The van der Waals surface area contributed by atoms with Gasteiger partial charge in [0, 0.05) is 26.8 Å². The number of hydrogen-bond donors (Lipinski definition) is 1. The van der Waals surface area contributed by atoms with Gasteiger partial charge >= 0.3 is 0 Å². The molecule has 2 aromatic rings. The zero-order valence-corrected chi connectivity index (χ0v) is 15.2. The van der Waals surface area contributed by atoms with Gasteiger partial charge in [0.1, 0.15) is 0 Å². The Labute approximate surface area is 146 Å². The van der Waals surface area contributed by atoms with Crippen molar-refractivity contribution in [2.24, 2.45) is 7.05 Å². The lowest BCUT2D eigenvalue weighted by Gasteiger charge is -2.23. The van der Waals surface area contributed by atoms with E-state index in [-0.39, 0.29) is 17.0 Å². The van der Waals surface area contributed by atoms with E-state index in [0.29, 0.717) is 29.9 Å². The van der Waals surface area contributed by atoms with Crippen LogP contribution in [0.15, 0.2) is 29.7 Å². The Kier molecular flexibility index (Phi) is 4.61. The van der Waals surface area contributed by atoms with Crippen LogP contribution in [0, 0.1) is 6.92 Å². The molecule has 0 spiro atoms. The third-order valence-corrected chi connectivity index (χ3v) is 6.17. The summed E-state index contributed by atoms with van der Waals surface area (Å²) >= 11 is 0. The molecule has 0 radical (unpaired) electrons. The molecule has 0 aliphatic carbocycles. The second-order valence-electron chi connectivity index (χ2n) is 6.10. The molecule has 2 aromatic heterocycles. The maximum Gasteiger partial charge on any atom is 0.262 e.